The molecule has 2 N–H and O–H groups in total. The summed E-state index contributed by atoms with van der Waals surface area (Å²) in [6, 6.07) is 5.78. The number of halogens is 1. The van der Waals surface area contributed by atoms with E-state index in [1.165, 1.54) is 0 Å². The minimum atomic E-state index is -0.439. The summed E-state index contributed by atoms with van der Waals surface area (Å²) >= 11 is 7.87. The van der Waals surface area contributed by atoms with Crippen molar-refractivity contribution in [3.05, 3.63) is 29.0 Å². The SMILES string of the molecule is CSc1ccc(Cl)c(-c2nc(C3(N)CCCC3)no2)c1. The van der Waals surface area contributed by atoms with Crippen LogP contribution in [0.4, 0.5) is 0 Å². The van der Waals surface area contributed by atoms with Crippen LogP contribution in [0, 0.1) is 0 Å². The zero-order valence-corrected chi connectivity index (χ0v) is 12.8. The van der Waals surface area contributed by atoms with Crippen LogP contribution in [0.1, 0.15) is 31.5 Å². The van der Waals surface area contributed by atoms with Gasteiger partial charge in [-0.05, 0) is 37.3 Å². The smallest absolute Gasteiger partial charge is 0.259 e. The fourth-order valence-corrected chi connectivity index (χ4v) is 3.20. The van der Waals surface area contributed by atoms with E-state index in [-0.39, 0.29) is 0 Å². The van der Waals surface area contributed by atoms with Crippen LogP contribution in [0.3, 0.4) is 0 Å². The Balaban J connectivity index is 1.98. The molecule has 1 heterocycles. The lowest BCUT2D eigenvalue weighted by molar-refractivity contribution is 0.372. The van der Waals surface area contributed by atoms with Gasteiger partial charge in [-0.1, -0.05) is 29.6 Å². The van der Waals surface area contributed by atoms with Crippen molar-refractivity contribution >= 4 is 23.4 Å². The van der Waals surface area contributed by atoms with Crippen LogP contribution in [0.2, 0.25) is 5.02 Å². The van der Waals surface area contributed by atoms with Crippen LogP contribution in [-0.4, -0.2) is 16.4 Å². The third-order valence-corrected chi connectivity index (χ3v) is 4.83. The minimum absolute atomic E-state index is 0.439. The molecule has 2 aromatic rings. The molecule has 1 aromatic carbocycles. The van der Waals surface area contributed by atoms with Gasteiger partial charge >= 0.3 is 0 Å². The van der Waals surface area contributed by atoms with E-state index in [4.69, 9.17) is 21.9 Å². The average Bonchev–Trinajstić information content (AvgIpc) is 3.09. The van der Waals surface area contributed by atoms with Crippen molar-refractivity contribution in [1.82, 2.24) is 10.1 Å². The predicted octanol–water partition coefficient (Wildman–Crippen LogP) is 3.84. The fourth-order valence-electron chi connectivity index (χ4n) is 2.56. The molecule has 106 valence electrons. The van der Waals surface area contributed by atoms with Gasteiger partial charge < -0.3 is 10.3 Å². The van der Waals surface area contributed by atoms with E-state index < -0.39 is 5.54 Å². The highest BCUT2D eigenvalue weighted by Crippen LogP contribution is 2.36. The van der Waals surface area contributed by atoms with Crippen LogP contribution in [0.25, 0.3) is 11.5 Å². The van der Waals surface area contributed by atoms with Gasteiger partial charge in [0.25, 0.3) is 5.89 Å². The molecule has 4 nitrogen and oxygen atoms in total. The van der Waals surface area contributed by atoms with E-state index in [1.54, 1.807) is 11.8 Å². The lowest BCUT2D eigenvalue weighted by Crippen LogP contribution is -2.34. The van der Waals surface area contributed by atoms with Crippen LogP contribution in [-0.2, 0) is 5.54 Å². The molecule has 0 saturated heterocycles. The topological polar surface area (TPSA) is 64.9 Å². The third-order valence-electron chi connectivity index (χ3n) is 3.77. The Hall–Kier alpha value is -1.04. The van der Waals surface area contributed by atoms with Gasteiger partial charge in [-0.3, -0.25) is 0 Å². The highest BCUT2D eigenvalue weighted by atomic mass is 35.5. The lowest BCUT2D eigenvalue weighted by atomic mass is 9.99. The van der Waals surface area contributed by atoms with Gasteiger partial charge in [-0.25, -0.2) is 0 Å². The summed E-state index contributed by atoms with van der Waals surface area (Å²) in [5.74, 6) is 1.04. The van der Waals surface area contributed by atoms with Gasteiger partial charge in [-0.15, -0.1) is 11.8 Å². The van der Waals surface area contributed by atoms with E-state index in [1.807, 2.05) is 24.5 Å². The maximum Gasteiger partial charge on any atom is 0.259 e. The first-order valence-electron chi connectivity index (χ1n) is 6.59. The van der Waals surface area contributed by atoms with Crippen molar-refractivity contribution in [2.24, 2.45) is 5.73 Å². The summed E-state index contributed by atoms with van der Waals surface area (Å²) in [4.78, 5) is 5.58. The highest BCUT2D eigenvalue weighted by Gasteiger charge is 2.36. The van der Waals surface area contributed by atoms with E-state index >= 15 is 0 Å². The third kappa shape index (κ3) is 2.45. The molecule has 3 rings (SSSR count). The second-order valence-corrected chi connectivity index (χ2v) is 6.42. The standard InChI is InChI=1S/C14H16ClN3OS/c1-20-9-4-5-11(15)10(8-9)12-17-13(18-19-12)14(16)6-2-3-7-14/h4-5,8H,2-3,6-7,16H2,1H3. The Morgan fingerprint density at radius 1 is 1.35 bits per heavy atom. The molecule has 0 unspecified atom stereocenters. The van der Waals surface area contributed by atoms with Crippen molar-refractivity contribution < 1.29 is 4.52 Å². The second kappa shape index (κ2) is 5.39. The van der Waals surface area contributed by atoms with Crippen LogP contribution in [0.15, 0.2) is 27.6 Å². The zero-order chi connectivity index (χ0) is 14.2. The molecule has 0 bridgehead atoms. The van der Waals surface area contributed by atoms with Gasteiger partial charge in [0.05, 0.1) is 16.1 Å². The number of rotatable bonds is 3. The number of nitrogens with two attached hydrogens (primary N) is 1. The monoisotopic (exact) mass is 309 g/mol. The number of nitrogens with zero attached hydrogens (tertiary/aromatic N) is 2. The number of aromatic nitrogens is 2. The van der Waals surface area contributed by atoms with Crippen molar-refractivity contribution in [1.29, 1.82) is 0 Å². The maximum absolute atomic E-state index is 6.34. The second-order valence-electron chi connectivity index (χ2n) is 5.13. The van der Waals surface area contributed by atoms with Crippen molar-refractivity contribution in [2.75, 3.05) is 6.26 Å². The molecule has 0 amide bonds. The van der Waals surface area contributed by atoms with E-state index in [9.17, 15) is 0 Å². The molecule has 6 heteroatoms. The van der Waals surface area contributed by atoms with E-state index in [0.29, 0.717) is 16.7 Å². The molecule has 20 heavy (non-hydrogen) atoms. The lowest BCUT2D eigenvalue weighted by Gasteiger charge is -2.17. The summed E-state index contributed by atoms with van der Waals surface area (Å²) in [5.41, 5.74) is 6.67. The number of hydrogen-bond acceptors (Lipinski definition) is 5. The number of thioether (sulfide) groups is 1. The van der Waals surface area contributed by atoms with Gasteiger partial charge in [0.1, 0.15) is 0 Å². The van der Waals surface area contributed by atoms with Crippen LogP contribution < -0.4 is 5.73 Å². The Morgan fingerprint density at radius 3 is 2.80 bits per heavy atom. The highest BCUT2D eigenvalue weighted by molar-refractivity contribution is 7.98. The quantitative estimate of drug-likeness (QED) is 0.873. The minimum Gasteiger partial charge on any atom is -0.334 e. The Bertz CT molecular complexity index is 623. The normalized spacial score (nSPS) is 17.6. The summed E-state index contributed by atoms with van der Waals surface area (Å²) in [6.07, 6.45) is 6.06. The largest absolute Gasteiger partial charge is 0.334 e. The predicted molar refractivity (Wildman–Crippen MR) is 80.9 cm³/mol. The maximum atomic E-state index is 6.34. The molecular weight excluding hydrogens is 294 g/mol. The average molecular weight is 310 g/mol. The van der Waals surface area contributed by atoms with Gasteiger partial charge in [0.2, 0.25) is 0 Å². The molecule has 0 atom stereocenters. The molecular formula is C14H16ClN3OS. The van der Waals surface area contributed by atoms with E-state index in [0.717, 1.165) is 36.1 Å². The summed E-state index contributed by atoms with van der Waals surface area (Å²) in [5, 5.41) is 4.67. The molecule has 1 saturated carbocycles. The van der Waals surface area contributed by atoms with E-state index in [2.05, 4.69) is 10.1 Å². The molecule has 1 fully saturated rings. The molecule has 0 radical (unpaired) electrons. The van der Waals surface area contributed by atoms with Crippen LogP contribution in [0.5, 0.6) is 0 Å². The first kappa shape index (κ1) is 13.9. The summed E-state index contributed by atoms with van der Waals surface area (Å²) < 4.78 is 5.37. The first-order chi connectivity index (χ1) is 9.62. The summed E-state index contributed by atoms with van der Waals surface area (Å²) in [6.45, 7) is 0. The van der Waals surface area contributed by atoms with Crippen LogP contribution >= 0.6 is 23.4 Å². The van der Waals surface area contributed by atoms with Crippen molar-refractivity contribution in [3.63, 3.8) is 0 Å². The molecule has 1 aliphatic rings. The first-order valence-corrected chi connectivity index (χ1v) is 8.20. The number of benzene rings is 1. The molecule has 0 aliphatic heterocycles. The molecule has 1 aliphatic carbocycles. The van der Waals surface area contributed by atoms with Crippen molar-refractivity contribution in [3.8, 4) is 11.5 Å². The summed E-state index contributed by atoms with van der Waals surface area (Å²) in [7, 11) is 0. The fraction of sp³-hybridized carbons (Fsp3) is 0.429. The van der Waals surface area contributed by atoms with Gasteiger partial charge in [-0.2, -0.15) is 4.98 Å². The van der Waals surface area contributed by atoms with Gasteiger partial charge in [0.15, 0.2) is 5.82 Å². The Labute approximate surface area is 127 Å². The number of hydrogen-bond donors (Lipinski definition) is 1. The van der Waals surface area contributed by atoms with Crippen molar-refractivity contribution in [2.45, 2.75) is 36.1 Å². The molecule has 1 aromatic heterocycles. The van der Waals surface area contributed by atoms with Gasteiger partial charge in [0, 0.05) is 4.90 Å². The molecule has 0 spiro atoms. The Morgan fingerprint density at radius 2 is 2.10 bits per heavy atom. The zero-order valence-electron chi connectivity index (χ0n) is 11.2. The Kier molecular flexibility index (Phi) is 3.75.